The second kappa shape index (κ2) is 42.9. The Balaban J connectivity index is -0.000000134. The molecule has 0 atom stereocenters. The van der Waals surface area contributed by atoms with E-state index in [9.17, 15) is 0 Å². The third-order valence-corrected chi connectivity index (χ3v) is 2.19. The highest BCUT2D eigenvalue weighted by Crippen LogP contribution is 2.03. The molecule has 4 heteroatoms. The van der Waals surface area contributed by atoms with Gasteiger partial charge in [0.2, 0.25) is 0 Å². The second-order valence-corrected chi connectivity index (χ2v) is 3.88. The van der Waals surface area contributed by atoms with Gasteiger partial charge in [-0.2, -0.15) is 0 Å². The van der Waals surface area contributed by atoms with Gasteiger partial charge in [0.05, 0.1) is 0 Å². The molecule has 0 bridgehead atoms. The van der Waals surface area contributed by atoms with Crippen LogP contribution >= 0.6 is 0 Å². The van der Waals surface area contributed by atoms with Gasteiger partial charge in [0.25, 0.3) is 0 Å². The van der Waals surface area contributed by atoms with Gasteiger partial charge in [0.15, 0.2) is 0 Å². The van der Waals surface area contributed by atoms with Crippen molar-refractivity contribution in [3.8, 4) is 0 Å². The summed E-state index contributed by atoms with van der Waals surface area (Å²) in [5.74, 6) is 0. The van der Waals surface area contributed by atoms with Crippen LogP contribution in [0.1, 0.15) is 45.4 Å². The van der Waals surface area contributed by atoms with Crippen LogP contribution in [0.3, 0.4) is 0 Å². The van der Waals surface area contributed by atoms with Crippen molar-refractivity contribution in [2.45, 2.75) is 45.4 Å². The molecular formula is C16H40N4. The maximum absolute atomic E-state index is 5.35. The van der Waals surface area contributed by atoms with Crippen molar-refractivity contribution in [1.82, 2.24) is 5.32 Å². The molecule has 0 aliphatic rings. The van der Waals surface area contributed by atoms with E-state index < -0.39 is 0 Å². The topological polar surface area (TPSA) is 90.1 Å². The van der Waals surface area contributed by atoms with Crippen LogP contribution in [-0.2, 0) is 0 Å². The van der Waals surface area contributed by atoms with Crippen LogP contribution in [-0.4, -0.2) is 32.7 Å². The van der Waals surface area contributed by atoms with Crippen molar-refractivity contribution < 1.29 is 0 Å². The standard InChI is InChI=1S/C10H24N2.C2H8N2.2C2H4/c1-2-3-4-5-6-7-9-12-10-8-11;3-1-2-4;2*1-2/h12H,2-11H2,1H3;1-4H2;2*1-2H2. The minimum absolute atomic E-state index is 0.597. The fourth-order valence-electron chi connectivity index (χ4n) is 1.26. The fraction of sp³-hybridized carbons (Fsp3) is 0.750. The average molecular weight is 289 g/mol. The lowest BCUT2D eigenvalue weighted by atomic mass is 10.1. The largest absolute Gasteiger partial charge is 0.329 e. The van der Waals surface area contributed by atoms with Crippen molar-refractivity contribution in [3.05, 3.63) is 26.3 Å². The molecular weight excluding hydrogens is 248 g/mol. The molecule has 124 valence electrons. The maximum Gasteiger partial charge on any atom is 0.00745 e. The molecule has 0 rings (SSSR count). The van der Waals surface area contributed by atoms with Gasteiger partial charge >= 0.3 is 0 Å². The van der Waals surface area contributed by atoms with Gasteiger partial charge in [-0.25, -0.2) is 0 Å². The number of unbranched alkanes of at least 4 members (excludes halogenated alkanes) is 5. The van der Waals surface area contributed by atoms with Gasteiger partial charge in [-0.05, 0) is 13.0 Å². The normalized spacial score (nSPS) is 8.20. The first-order chi connectivity index (χ1) is 9.83. The van der Waals surface area contributed by atoms with Gasteiger partial charge in [-0.3, -0.25) is 0 Å². The minimum Gasteiger partial charge on any atom is -0.329 e. The quantitative estimate of drug-likeness (QED) is 0.367. The summed E-state index contributed by atoms with van der Waals surface area (Å²) < 4.78 is 0. The molecule has 0 saturated carbocycles. The molecule has 0 unspecified atom stereocenters. The van der Waals surface area contributed by atoms with Gasteiger partial charge in [0, 0.05) is 26.2 Å². The van der Waals surface area contributed by atoms with Crippen LogP contribution in [0.4, 0.5) is 0 Å². The van der Waals surface area contributed by atoms with Gasteiger partial charge < -0.3 is 22.5 Å². The lowest BCUT2D eigenvalue weighted by Crippen LogP contribution is -2.23. The molecule has 0 fully saturated rings. The summed E-state index contributed by atoms with van der Waals surface area (Å²) in [5.41, 5.74) is 15.2. The summed E-state index contributed by atoms with van der Waals surface area (Å²) in [6.45, 7) is 18.3. The third kappa shape index (κ3) is 53.1. The molecule has 0 aromatic rings. The molecule has 0 radical (unpaired) electrons. The van der Waals surface area contributed by atoms with E-state index >= 15 is 0 Å². The highest BCUT2D eigenvalue weighted by Gasteiger charge is 1.89. The first-order valence-electron chi connectivity index (χ1n) is 7.64. The second-order valence-electron chi connectivity index (χ2n) is 3.88. The van der Waals surface area contributed by atoms with Crippen molar-refractivity contribution in [1.29, 1.82) is 0 Å². The number of rotatable bonds is 10. The highest BCUT2D eigenvalue weighted by molar-refractivity contribution is 4.49. The Kier molecular flexibility index (Phi) is 59.2. The average Bonchev–Trinajstić information content (AvgIpc) is 2.54. The molecule has 0 aromatic carbocycles. The lowest BCUT2D eigenvalue weighted by molar-refractivity contribution is 0.575. The van der Waals surface area contributed by atoms with Crippen molar-refractivity contribution >= 4 is 0 Å². The molecule has 0 amide bonds. The van der Waals surface area contributed by atoms with Gasteiger partial charge in [-0.15, -0.1) is 26.3 Å². The van der Waals surface area contributed by atoms with Crippen molar-refractivity contribution in [2.24, 2.45) is 17.2 Å². The fourth-order valence-corrected chi connectivity index (χ4v) is 1.26. The van der Waals surface area contributed by atoms with E-state index in [0.29, 0.717) is 13.1 Å². The Morgan fingerprint density at radius 3 is 1.50 bits per heavy atom. The van der Waals surface area contributed by atoms with E-state index in [1.165, 1.54) is 38.5 Å². The molecule has 0 aromatic heterocycles. The Labute approximate surface area is 127 Å². The van der Waals surface area contributed by atoms with Crippen LogP contribution < -0.4 is 22.5 Å². The number of nitrogens with two attached hydrogens (primary N) is 3. The van der Waals surface area contributed by atoms with E-state index in [-0.39, 0.29) is 0 Å². The van der Waals surface area contributed by atoms with Crippen LogP contribution in [0.15, 0.2) is 26.3 Å². The molecule has 0 aliphatic carbocycles. The van der Waals surface area contributed by atoms with Crippen LogP contribution in [0.5, 0.6) is 0 Å². The zero-order valence-electron chi connectivity index (χ0n) is 13.8. The number of hydrogen-bond donors (Lipinski definition) is 4. The number of nitrogens with one attached hydrogen (secondary N) is 1. The first kappa shape index (κ1) is 27.6. The van der Waals surface area contributed by atoms with Crippen LogP contribution in [0, 0.1) is 0 Å². The minimum atomic E-state index is 0.597. The molecule has 0 aliphatic heterocycles. The zero-order chi connectivity index (χ0) is 16.5. The summed E-state index contributed by atoms with van der Waals surface area (Å²) in [7, 11) is 0. The van der Waals surface area contributed by atoms with Crippen LogP contribution in [0.25, 0.3) is 0 Å². The summed E-state index contributed by atoms with van der Waals surface area (Å²) in [6.07, 6.45) is 8.23. The molecule has 0 saturated heterocycles. The van der Waals surface area contributed by atoms with E-state index in [2.05, 4.69) is 38.6 Å². The van der Waals surface area contributed by atoms with E-state index in [0.717, 1.165) is 19.6 Å². The van der Waals surface area contributed by atoms with Crippen molar-refractivity contribution in [2.75, 3.05) is 32.7 Å². The molecule has 20 heavy (non-hydrogen) atoms. The summed E-state index contributed by atoms with van der Waals surface area (Å²) in [6, 6.07) is 0. The number of hydrogen-bond acceptors (Lipinski definition) is 4. The third-order valence-electron chi connectivity index (χ3n) is 2.19. The Morgan fingerprint density at radius 2 is 1.10 bits per heavy atom. The lowest BCUT2D eigenvalue weighted by Gasteiger charge is -2.02. The predicted molar refractivity (Wildman–Crippen MR) is 95.9 cm³/mol. The van der Waals surface area contributed by atoms with Gasteiger partial charge in [0.1, 0.15) is 0 Å². The summed E-state index contributed by atoms with van der Waals surface area (Å²) in [4.78, 5) is 0. The Bertz CT molecular complexity index is 107. The monoisotopic (exact) mass is 288 g/mol. The first-order valence-corrected chi connectivity index (χ1v) is 7.64. The SMILES string of the molecule is C=C.C=C.CCCCCCCCNCCN.NCCN. The summed E-state index contributed by atoms with van der Waals surface area (Å²) in [5, 5.41) is 3.30. The van der Waals surface area contributed by atoms with Gasteiger partial charge in [-0.1, -0.05) is 39.0 Å². The smallest absolute Gasteiger partial charge is 0.00745 e. The van der Waals surface area contributed by atoms with E-state index in [1.807, 2.05) is 0 Å². The zero-order valence-corrected chi connectivity index (χ0v) is 13.8. The van der Waals surface area contributed by atoms with Crippen LogP contribution in [0.2, 0.25) is 0 Å². The molecule has 0 spiro atoms. The molecule has 4 nitrogen and oxygen atoms in total. The van der Waals surface area contributed by atoms with E-state index in [1.54, 1.807) is 0 Å². The predicted octanol–water partition coefficient (Wildman–Crippen LogP) is 2.40. The summed E-state index contributed by atoms with van der Waals surface area (Å²) >= 11 is 0. The van der Waals surface area contributed by atoms with E-state index in [4.69, 9.17) is 17.2 Å². The maximum atomic E-state index is 5.35. The Morgan fingerprint density at radius 1 is 0.650 bits per heavy atom. The van der Waals surface area contributed by atoms with Crippen molar-refractivity contribution in [3.63, 3.8) is 0 Å². The highest BCUT2D eigenvalue weighted by atomic mass is 14.9. The Hall–Kier alpha value is -0.680. The molecule has 7 N–H and O–H groups in total. The molecule has 0 heterocycles.